The second-order valence-corrected chi connectivity index (χ2v) is 5.91. The fourth-order valence-electron chi connectivity index (χ4n) is 2.76. The van der Waals surface area contributed by atoms with Crippen molar-refractivity contribution in [2.75, 3.05) is 11.5 Å². The summed E-state index contributed by atoms with van der Waals surface area (Å²) < 4.78 is 6.81. The molecule has 0 saturated heterocycles. The second kappa shape index (κ2) is 8.05. The third-order valence-electron chi connectivity index (χ3n) is 3.88. The Morgan fingerprint density at radius 2 is 2.07 bits per heavy atom. The molecule has 0 atom stereocenters. The van der Waals surface area contributed by atoms with Gasteiger partial charge in [0.05, 0.1) is 18.5 Å². The van der Waals surface area contributed by atoms with Gasteiger partial charge in [0, 0.05) is 18.1 Å². The van der Waals surface area contributed by atoms with E-state index in [2.05, 4.69) is 10.1 Å². The number of carboxylic acid groups (broad SMARTS) is 1. The summed E-state index contributed by atoms with van der Waals surface area (Å²) in [7, 11) is 0. The van der Waals surface area contributed by atoms with E-state index in [0.29, 0.717) is 29.3 Å². The van der Waals surface area contributed by atoms with Crippen LogP contribution in [-0.2, 0) is 11.2 Å². The first-order valence-electron chi connectivity index (χ1n) is 8.28. The summed E-state index contributed by atoms with van der Waals surface area (Å²) in [5, 5.41) is 14.2. The topological polar surface area (TPSA) is 97.0 Å². The number of halogens is 1. The molecular weight excluding hydrogens is 372 g/mol. The summed E-state index contributed by atoms with van der Waals surface area (Å²) in [6, 6.07) is 8.25. The number of hydrogen-bond acceptors (Lipinski definition) is 5. The number of carbonyl (C=O) groups excluding carboxylic acids is 1. The van der Waals surface area contributed by atoms with E-state index in [1.54, 1.807) is 30.3 Å². The molecule has 2 aromatic heterocycles. The maximum Gasteiger partial charge on any atom is 0.417 e. The molecule has 2 heterocycles. The minimum atomic E-state index is -1.22. The summed E-state index contributed by atoms with van der Waals surface area (Å²) in [4.78, 5) is 28.3. The highest BCUT2D eigenvalue weighted by atomic mass is 35.5. The molecule has 140 valence electrons. The van der Waals surface area contributed by atoms with Crippen LogP contribution < -0.4 is 9.64 Å². The van der Waals surface area contributed by atoms with Crippen molar-refractivity contribution in [3.8, 4) is 5.75 Å². The first kappa shape index (κ1) is 18.7. The van der Waals surface area contributed by atoms with Crippen molar-refractivity contribution in [3.05, 3.63) is 47.2 Å². The highest BCUT2D eigenvalue weighted by Crippen LogP contribution is 2.34. The van der Waals surface area contributed by atoms with Crippen molar-refractivity contribution >= 4 is 41.1 Å². The van der Waals surface area contributed by atoms with Crippen LogP contribution in [0.25, 0.3) is 5.65 Å². The number of benzene rings is 1. The lowest BCUT2D eigenvalue weighted by Crippen LogP contribution is -2.28. The molecule has 0 fully saturated rings. The Morgan fingerprint density at radius 1 is 1.33 bits per heavy atom. The minimum absolute atomic E-state index is 0.136. The van der Waals surface area contributed by atoms with Crippen molar-refractivity contribution in [1.29, 1.82) is 0 Å². The highest BCUT2D eigenvalue weighted by molar-refractivity contribution is 6.30. The van der Waals surface area contributed by atoms with E-state index in [1.165, 1.54) is 10.7 Å². The van der Waals surface area contributed by atoms with Crippen molar-refractivity contribution in [3.63, 3.8) is 0 Å². The maximum absolute atomic E-state index is 12.1. The van der Waals surface area contributed by atoms with E-state index in [0.717, 1.165) is 11.2 Å². The lowest BCUT2D eigenvalue weighted by Gasteiger charge is -2.23. The Morgan fingerprint density at radius 3 is 2.70 bits per heavy atom. The number of carbonyl (C=O) groups is 2. The van der Waals surface area contributed by atoms with E-state index in [4.69, 9.17) is 16.3 Å². The fraction of sp³-hybridized carbons (Fsp3) is 0.222. The van der Waals surface area contributed by atoms with Crippen LogP contribution >= 0.6 is 11.6 Å². The lowest BCUT2D eigenvalue weighted by molar-refractivity contribution is -0.107. The Kier molecular flexibility index (Phi) is 5.56. The number of anilines is 2. The fourth-order valence-corrected chi connectivity index (χ4v) is 3.03. The van der Waals surface area contributed by atoms with Gasteiger partial charge in [-0.25, -0.2) is 14.7 Å². The molecule has 1 N–H and O–H groups in total. The zero-order chi connectivity index (χ0) is 19.4. The highest BCUT2D eigenvalue weighted by Gasteiger charge is 2.26. The van der Waals surface area contributed by atoms with Gasteiger partial charge in [-0.2, -0.15) is 9.61 Å². The van der Waals surface area contributed by atoms with Gasteiger partial charge in [0.15, 0.2) is 11.5 Å². The molecule has 1 amide bonds. The molecule has 0 aliphatic rings. The summed E-state index contributed by atoms with van der Waals surface area (Å²) in [6.45, 7) is 2.37. The van der Waals surface area contributed by atoms with E-state index in [9.17, 15) is 14.7 Å². The largest absolute Gasteiger partial charge is 0.494 e. The number of nitrogens with zero attached hydrogens (tertiary/aromatic N) is 4. The summed E-state index contributed by atoms with van der Waals surface area (Å²) in [5.41, 5.74) is 1.22. The van der Waals surface area contributed by atoms with E-state index in [-0.39, 0.29) is 23.8 Å². The van der Waals surface area contributed by atoms with Crippen LogP contribution in [0.4, 0.5) is 16.3 Å². The standard InChI is InChI=1S/C18H17ClN4O4/c1-2-27-13-7-5-12(6-8-13)22(18(25)26)17-14(4-3-11-24)16(19)21-15-9-10-20-23(15)17/h5-11H,2-4H2,1H3,(H,25,26). The summed E-state index contributed by atoms with van der Waals surface area (Å²) in [5.74, 6) is 0.860. The predicted molar refractivity (Wildman–Crippen MR) is 100 cm³/mol. The van der Waals surface area contributed by atoms with Gasteiger partial charge in [0.25, 0.3) is 0 Å². The van der Waals surface area contributed by atoms with E-state index in [1.807, 2.05) is 6.92 Å². The Hall–Kier alpha value is -3.13. The van der Waals surface area contributed by atoms with Crippen LogP contribution in [0.3, 0.4) is 0 Å². The van der Waals surface area contributed by atoms with Gasteiger partial charge < -0.3 is 14.6 Å². The molecule has 9 heteroatoms. The lowest BCUT2D eigenvalue weighted by atomic mass is 10.1. The minimum Gasteiger partial charge on any atom is -0.494 e. The van der Waals surface area contributed by atoms with Gasteiger partial charge in [0.1, 0.15) is 17.2 Å². The molecule has 0 aliphatic carbocycles. The van der Waals surface area contributed by atoms with Crippen LogP contribution in [-0.4, -0.2) is 38.7 Å². The van der Waals surface area contributed by atoms with Gasteiger partial charge in [0.2, 0.25) is 0 Å². The zero-order valence-corrected chi connectivity index (χ0v) is 15.3. The first-order valence-corrected chi connectivity index (χ1v) is 8.66. The van der Waals surface area contributed by atoms with E-state index < -0.39 is 6.09 Å². The smallest absolute Gasteiger partial charge is 0.417 e. The number of rotatable bonds is 7. The number of ether oxygens (including phenoxy) is 1. The number of amides is 1. The zero-order valence-electron chi connectivity index (χ0n) is 14.5. The third-order valence-corrected chi connectivity index (χ3v) is 4.19. The quantitative estimate of drug-likeness (QED) is 0.489. The molecule has 0 saturated carbocycles. The van der Waals surface area contributed by atoms with Crippen molar-refractivity contribution in [2.24, 2.45) is 0 Å². The summed E-state index contributed by atoms with van der Waals surface area (Å²) in [6.07, 6.45) is 1.45. The molecule has 0 unspecified atom stereocenters. The van der Waals surface area contributed by atoms with Gasteiger partial charge in [-0.1, -0.05) is 11.6 Å². The van der Waals surface area contributed by atoms with Gasteiger partial charge in [-0.05, 0) is 37.6 Å². The second-order valence-electron chi connectivity index (χ2n) is 5.56. The SMILES string of the molecule is CCOc1ccc(N(C(=O)O)c2c(CCC=O)c(Cl)nc3ccnn23)cc1. The van der Waals surface area contributed by atoms with Gasteiger partial charge in [-0.15, -0.1) is 0 Å². The third kappa shape index (κ3) is 3.70. The van der Waals surface area contributed by atoms with Crippen LogP contribution in [0.1, 0.15) is 18.9 Å². The average molecular weight is 389 g/mol. The molecule has 0 radical (unpaired) electrons. The first-order chi connectivity index (χ1) is 13.1. The molecule has 0 bridgehead atoms. The molecule has 0 spiro atoms. The number of fused-ring (bicyclic) bond motifs is 1. The van der Waals surface area contributed by atoms with Crippen molar-refractivity contribution < 1.29 is 19.4 Å². The van der Waals surface area contributed by atoms with Gasteiger partial charge >= 0.3 is 6.09 Å². The molecule has 1 aromatic carbocycles. The van der Waals surface area contributed by atoms with Crippen LogP contribution in [0.2, 0.25) is 5.15 Å². The molecule has 27 heavy (non-hydrogen) atoms. The van der Waals surface area contributed by atoms with E-state index >= 15 is 0 Å². The monoisotopic (exact) mass is 388 g/mol. The maximum atomic E-state index is 12.1. The number of hydrogen-bond donors (Lipinski definition) is 1. The molecule has 3 rings (SSSR count). The average Bonchev–Trinajstić information content (AvgIpc) is 3.10. The number of aldehydes is 1. The number of aromatic nitrogens is 3. The predicted octanol–water partition coefficient (Wildman–Crippen LogP) is 3.73. The molecule has 8 nitrogen and oxygen atoms in total. The summed E-state index contributed by atoms with van der Waals surface area (Å²) >= 11 is 6.30. The Labute approximate surface area is 159 Å². The van der Waals surface area contributed by atoms with Crippen LogP contribution in [0.15, 0.2) is 36.5 Å². The molecule has 3 aromatic rings. The van der Waals surface area contributed by atoms with Crippen molar-refractivity contribution in [2.45, 2.75) is 19.8 Å². The Bertz CT molecular complexity index is 971. The molecular formula is C18H17ClN4O4. The van der Waals surface area contributed by atoms with Gasteiger partial charge in [-0.3, -0.25) is 0 Å². The van der Waals surface area contributed by atoms with Crippen molar-refractivity contribution in [1.82, 2.24) is 14.6 Å². The van der Waals surface area contributed by atoms with Crippen LogP contribution in [0, 0.1) is 0 Å². The Balaban J connectivity index is 2.19. The van der Waals surface area contributed by atoms with Crippen LogP contribution in [0.5, 0.6) is 5.75 Å². The molecule has 0 aliphatic heterocycles. The normalized spacial score (nSPS) is 10.7.